The van der Waals surface area contributed by atoms with E-state index in [1.54, 1.807) is 24.4 Å². The molecule has 0 saturated heterocycles. The fraction of sp³-hybridized carbons (Fsp3) is 0.0714. The predicted molar refractivity (Wildman–Crippen MR) is 85.0 cm³/mol. The van der Waals surface area contributed by atoms with E-state index >= 15 is 0 Å². The molecule has 108 valence electrons. The van der Waals surface area contributed by atoms with Crippen LogP contribution in [0.25, 0.3) is 11.0 Å². The van der Waals surface area contributed by atoms with Crippen LogP contribution in [0.3, 0.4) is 0 Å². The molecule has 1 aromatic carbocycles. The molecule has 0 amide bonds. The zero-order chi connectivity index (χ0) is 15.0. The zero-order valence-electron chi connectivity index (χ0n) is 10.6. The van der Waals surface area contributed by atoms with Crippen LogP contribution in [0.1, 0.15) is 17.5 Å². The van der Waals surface area contributed by atoms with Crippen molar-refractivity contribution < 1.29 is 8.81 Å². The molecular weight excluding hydrogens is 405 g/mol. The summed E-state index contributed by atoms with van der Waals surface area (Å²) in [6.45, 7) is 0. The lowest BCUT2D eigenvalue weighted by atomic mass is 10.1. The number of nitrogens with one attached hydrogen (secondary N) is 1. The van der Waals surface area contributed by atoms with E-state index in [1.807, 2.05) is 6.07 Å². The number of aromatic nitrogens is 1. The first kappa shape index (κ1) is 14.6. The van der Waals surface area contributed by atoms with Crippen molar-refractivity contribution >= 4 is 42.8 Å². The minimum Gasteiger partial charge on any atom is -0.456 e. The van der Waals surface area contributed by atoms with Gasteiger partial charge in [0.25, 0.3) is 0 Å². The number of hydrogen-bond donors (Lipinski definition) is 2. The lowest BCUT2D eigenvalue weighted by molar-refractivity contribution is 0.459. The normalized spacial score (nSPS) is 12.8. The Morgan fingerprint density at radius 1 is 1.29 bits per heavy atom. The number of rotatable bonds is 3. The molecule has 0 fully saturated rings. The molecule has 0 bridgehead atoms. The van der Waals surface area contributed by atoms with Crippen molar-refractivity contribution in [1.82, 2.24) is 10.4 Å². The number of hydrazine groups is 1. The number of fused-ring (bicyclic) bond motifs is 1. The molecule has 7 heteroatoms. The molecule has 0 spiro atoms. The van der Waals surface area contributed by atoms with Crippen LogP contribution in [0.2, 0.25) is 0 Å². The summed E-state index contributed by atoms with van der Waals surface area (Å²) in [6.07, 6.45) is 1.66. The molecule has 3 aromatic rings. The summed E-state index contributed by atoms with van der Waals surface area (Å²) < 4.78 is 20.9. The molecule has 2 aromatic heterocycles. The molecular formula is C14H10Br2FN3O. The number of para-hydroxylation sites is 1. The van der Waals surface area contributed by atoms with Crippen LogP contribution < -0.4 is 11.3 Å². The molecule has 4 nitrogen and oxygen atoms in total. The Labute approximate surface area is 136 Å². The fourth-order valence-corrected chi connectivity index (χ4v) is 3.34. The number of hydrogen-bond acceptors (Lipinski definition) is 4. The second-order valence-electron chi connectivity index (χ2n) is 4.43. The van der Waals surface area contributed by atoms with Crippen molar-refractivity contribution in [1.29, 1.82) is 0 Å². The van der Waals surface area contributed by atoms with Crippen molar-refractivity contribution in [3.63, 3.8) is 0 Å². The minimum atomic E-state index is -0.487. The van der Waals surface area contributed by atoms with Gasteiger partial charge in [0.15, 0.2) is 11.4 Å². The van der Waals surface area contributed by atoms with Gasteiger partial charge in [0.2, 0.25) is 0 Å². The average molecular weight is 415 g/mol. The summed E-state index contributed by atoms with van der Waals surface area (Å²) in [5.74, 6) is 5.72. The smallest absolute Gasteiger partial charge is 0.169 e. The zero-order valence-corrected chi connectivity index (χ0v) is 13.8. The van der Waals surface area contributed by atoms with Crippen LogP contribution in [-0.4, -0.2) is 4.98 Å². The molecule has 0 aliphatic rings. The van der Waals surface area contributed by atoms with Crippen LogP contribution in [0.4, 0.5) is 4.39 Å². The molecule has 2 heterocycles. The van der Waals surface area contributed by atoms with E-state index in [-0.39, 0.29) is 5.58 Å². The molecule has 1 atom stereocenters. The quantitative estimate of drug-likeness (QED) is 0.501. The van der Waals surface area contributed by atoms with Gasteiger partial charge < -0.3 is 4.42 Å². The first-order valence-corrected chi connectivity index (χ1v) is 7.64. The Kier molecular flexibility index (Phi) is 4.08. The number of nitrogens with two attached hydrogens (primary N) is 1. The highest BCUT2D eigenvalue weighted by Gasteiger charge is 2.22. The maximum Gasteiger partial charge on any atom is 0.169 e. The Morgan fingerprint density at radius 3 is 2.76 bits per heavy atom. The Hall–Kier alpha value is -1.28. The third-order valence-electron chi connectivity index (χ3n) is 3.08. The summed E-state index contributed by atoms with van der Waals surface area (Å²) in [5.41, 5.74) is 3.51. The van der Waals surface area contributed by atoms with Gasteiger partial charge in [-0.1, -0.05) is 12.1 Å². The van der Waals surface area contributed by atoms with E-state index in [2.05, 4.69) is 42.3 Å². The van der Waals surface area contributed by atoms with Crippen LogP contribution >= 0.6 is 31.9 Å². The first-order chi connectivity index (χ1) is 10.1. The lowest BCUT2D eigenvalue weighted by Crippen LogP contribution is -2.29. The van der Waals surface area contributed by atoms with Crippen molar-refractivity contribution in [3.8, 4) is 0 Å². The van der Waals surface area contributed by atoms with Gasteiger partial charge in [-0.3, -0.25) is 10.8 Å². The molecule has 0 radical (unpaired) electrons. The van der Waals surface area contributed by atoms with Gasteiger partial charge in [-0.2, -0.15) is 0 Å². The monoisotopic (exact) mass is 413 g/mol. The molecule has 0 aliphatic carbocycles. The third kappa shape index (κ3) is 2.74. The topological polar surface area (TPSA) is 64.1 Å². The second kappa shape index (κ2) is 5.84. The van der Waals surface area contributed by atoms with E-state index < -0.39 is 11.9 Å². The Morgan fingerprint density at radius 2 is 2.10 bits per heavy atom. The van der Waals surface area contributed by atoms with Gasteiger partial charge in [-0.15, -0.1) is 0 Å². The molecule has 21 heavy (non-hydrogen) atoms. The van der Waals surface area contributed by atoms with E-state index in [4.69, 9.17) is 10.3 Å². The summed E-state index contributed by atoms with van der Waals surface area (Å²) in [7, 11) is 0. The Bertz CT molecular complexity index is 806. The van der Waals surface area contributed by atoms with Crippen LogP contribution in [0.15, 0.2) is 49.9 Å². The molecule has 3 rings (SSSR count). The van der Waals surface area contributed by atoms with Crippen molar-refractivity contribution in [2.24, 2.45) is 5.84 Å². The van der Waals surface area contributed by atoms with Crippen molar-refractivity contribution in [2.45, 2.75) is 6.04 Å². The summed E-state index contributed by atoms with van der Waals surface area (Å²) in [5, 5.41) is 0.679. The van der Waals surface area contributed by atoms with Crippen molar-refractivity contribution in [3.05, 3.63) is 62.7 Å². The van der Waals surface area contributed by atoms with Gasteiger partial charge in [0.1, 0.15) is 11.8 Å². The molecule has 1 unspecified atom stereocenters. The van der Waals surface area contributed by atoms with Crippen LogP contribution in [-0.2, 0) is 0 Å². The summed E-state index contributed by atoms with van der Waals surface area (Å²) in [6, 6.07) is 7.89. The molecule has 0 aliphatic heterocycles. The number of furan rings is 1. The maximum atomic E-state index is 13.7. The largest absolute Gasteiger partial charge is 0.456 e. The van der Waals surface area contributed by atoms with Gasteiger partial charge in [-0.25, -0.2) is 9.82 Å². The molecule has 3 N–H and O–H groups in total. The van der Waals surface area contributed by atoms with Gasteiger partial charge in [0.05, 0.1) is 5.69 Å². The number of pyridine rings is 1. The van der Waals surface area contributed by atoms with E-state index in [9.17, 15) is 4.39 Å². The maximum absolute atomic E-state index is 13.7. The number of benzene rings is 1. The van der Waals surface area contributed by atoms with E-state index in [1.165, 1.54) is 6.07 Å². The number of nitrogens with zero attached hydrogens (tertiary/aromatic N) is 1. The SMILES string of the molecule is NNC(c1cc2cccc(F)c2o1)c1ncc(Br)cc1Br. The van der Waals surface area contributed by atoms with Crippen molar-refractivity contribution in [2.75, 3.05) is 0 Å². The highest BCUT2D eigenvalue weighted by Crippen LogP contribution is 2.32. The Balaban J connectivity index is 2.11. The second-order valence-corrected chi connectivity index (χ2v) is 6.20. The van der Waals surface area contributed by atoms with Gasteiger partial charge >= 0.3 is 0 Å². The van der Waals surface area contributed by atoms with Crippen LogP contribution in [0.5, 0.6) is 0 Å². The van der Waals surface area contributed by atoms with E-state index in [0.29, 0.717) is 16.8 Å². The van der Waals surface area contributed by atoms with E-state index in [0.717, 1.165) is 8.95 Å². The summed E-state index contributed by atoms with van der Waals surface area (Å²) >= 11 is 6.78. The lowest BCUT2D eigenvalue weighted by Gasteiger charge is -2.14. The third-order valence-corrected chi connectivity index (χ3v) is 4.14. The van der Waals surface area contributed by atoms with Crippen LogP contribution in [0, 0.1) is 5.82 Å². The van der Waals surface area contributed by atoms with Gasteiger partial charge in [-0.05, 0) is 50.1 Å². The molecule has 0 saturated carbocycles. The predicted octanol–water partition coefficient (Wildman–Crippen LogP) is 4.04. The fourth-order valence-electron chi connectivity index (χ4n) is 2.12. The highest BCUT2D eigenvalue weighted by atomic mass is 79.9. The number of halogens is 3. The first-order valence-electron chi connectivity index (χ1n) is 6.05. The summed E-state index contributed by atoms with van der Waals surface area (Å²) in [4.78, 5) is 4.33. The highest BCUT2D eigenvalue weighted by molar-refractivity contribution is 9.11. The standard InChI is InChI=1S/C14H10Br2FN3O/c15-8-5-9(16)12(19-6-8)13(20-18)11-4-7-2-1-3-10(17)14(7)21-11/h1-6,13,20H,18H2. The minimum absolute atomic E-state index is 0.209. The average Bonchev–Trinajstić information content (AvgIpc) is 2.87. The van der Waals surface area contributed by atoms with Gasteiger partial charge in [0, 0.05) is 20.5 Å².